The first-order valence-electron chi connectivity index (χ1n) is 9.31. The maximum atomic E-state index is 5.75. The lowest BCUT2D eigenvalue weighted by molar-refractivity contribution is 0.158. The monoisotopic (exact) mass is 428 g/mol. The molecule has 0 aliphatic carbocycles. The van der Waals surface area contributed by atoms with Crippen LogP contribution in [0, 0.1) is 4.77 Å². The lowest BCUT2D eigenvalue weighted by atomic mass is 9.99. The molecule has 0 N–H and O–H groups in total. The molecule has 0 radical (unpaired) electrons. The molecule has 0 spiro atoms. The summed E-state index contributed by atoms with van der Waals surface area (Å²) in [4.78, 5) is 5.34. The molecule has 0 fully saturated rings. The summed E-state index contributed by atoms with van der Waals surface area (Å²) in [6.45, 7) is 4.50. The Morgan fingerprint density at radius 2 is 2.14 bits per heavy atom. The molecule has 5 nitrogen and oxygen atoms in total. The van der Waals surface area contributed by atoms with Gasteiger partial charge in [0.25, 0.3) is 0 Å². The lowest BCUT2D eigenvalue weighted by Crippen LogP contribution is -2.36. The molecule has 0 bridgehead atoms. The van der Waals surface area contributed by atoms with Gasteiger partial charge in [-0.1, -0.05) is 6.07 Å². The number of furan rings is 1. The van der Waals surface area contributed by atoms with Crippen LogP contribution in [0.25, 0.3) is 11.6 Å². The SMILES string of the molecule is CCn1c(-c2ccco2)nn(CN2CCc3sccc3C2c2cccs2)c1=S. The number of nitrogens with zero attached hydrogens (tertiary/aromatic N) is 4. The number of hydrogen-bond donors (Lipinski definition) is 0. The second-order valence-corrected chi connectivity index (χ2v) is 9.09. The van der Waals surface area contributed by atoms with Crippen LogP contribution in [0.4, 0.5) is 0 Å². The van der Waals surface area contributed by atoms with Gasteiger partial charge in [0.1, 0.15) is 0 Å². The lowest BCUT2D eigenvalue weighted by Gasteiger charge is -2.35. The zero-order valence-electron chi connectivity index (χ0n) is 15.4. The van der Waals surface area contributed by atoms with E-state index >= 15 is 0 Å². The third-order valence-electron chi connectivity index (χ3n) is 5.17. The van der Waals surface area contributed by atoms with E-state index in [4.69, 9.17) is 21.7 Å². The molecular weight excluding hydrogens is 408 g/mol. The molecular formula is C20H20N4OS3. The van der Waals surface area contributed by atoms with Crippen LogP contribution >= 0.6 is 34.9 Å². The minimum Gasteiger partial charge on any atom is -0.461 e. The van der Waals surface area contributed by atoms with E-state index in [1.54, 1.807) is 6.26 Å². The average Bonchev–Trinajstić information content (AvgIpc) is 3.50. The average molecular weight is 429 g/mol. The fourth-order valence-corrected chi connectivity index (χ4v) is 5.97. The van der Waals surface area contributed by atoms with Crippen molar-refractivity contribution in [1.29, 1.82) is 0 Å². The number of rotatable bonds is 5. The number of thiophene rings is 2. The van der Waals surface area contributed by atoms with Gasteiger partial charge in [0, 0.05) is 22.8 Å². The molecule has 5 rings (SSSR count). The van der Waals surface area contributed by atoms with E-state index in [2.05, 4.69) is 40.8 Å². The van der Waals surface area contributed by atoms with Crippen LogP contribution in [0.15, 0.2) is 51.8 Å². The molecule has 1 atom stereocenters. The molecule has 1 aliphatic rings. The Morgan fingerprint density at radius 3 is 2.89 bits per heavy atom. The molecule has 144 valence electrons. The molecule has 0 saturated carbocycles. The summed E-state index contributed by atoms with van der Waals surface area (Å²) in [5.74, 6) is 1.54. The largest absolute Gasteiger partial charge is 0.461 e. The Labute approximate surface area is 176 Å². The minimum atomic E-state index is 0.260. The van der Waals surface area contributed by atoms with E-state index < -0.39 is 0 Å². The highest BCUT2D eigenvalue weighted by molar-refractivity contribution is 7.71. The molecule has 0 aromatic carbocycles. The van der Waals surface area contributed by atoms with Crippen LogP contribution in [0.5, 0.6) is 0 Å². The number of aromatic nitrogens is 3. The molecule has 0 amide bonds. The van der Waals surface area contributed by atoms with Gasteiger partial charge >= 0.3 is 0 Å². The first-order valence-corrected chi connectivity index (χ1v) is 11.5. The van der Waals surface area contributed by atoms with Gasteiger partial charge in [-0.15, -0.1) is 27.8 Å². The summed E-state index contributed by atoms with van der Waals surface area (Å²) in [6.07, 6.45) is 2.74. The van der Waals surface area contributed by atoms with E-state index in [0.717, 1.165) is 35.9 Å². The number of hydrogen-bond acceptors (Lipinski definition) is 6. The van der Waals surface area contributed by atoms with Crippen LogP contribution < -0.4 is 0 Å². The van der Waals surface area contributed by atoms with E-state index in [-0.39, 0.29) is 6.04 Å². The van der Waals surface area contributed by atoms with Crippen LogP contribution in [0.3, 0.4) is 0 Å². The Bertz CT molecular complexity index is 1120. The molecule has 8 heteroatoms. The molecule has 1 unspecified atom stereocenters. The van der Waals surface area contributed by atoms with Crippen molar-refractivity contribution in [1.82, 2.24) is 19.2 Å². The summed E-state index contributed by atoms with van der Waals surface area (Å²) < 4.78 is 10.3. The summed E-state index contributed by atoms with van der Waals surface area (Å²) >= 11 is 9.43. The Kier molecular flexibility index (Phi) is 4.80. The third-order valence-corrected chi connectivity index (χ3v) is 7.53. The highest BCUT2D eigenvalue weighted by atomic mass is 32.1. The predicted molar refractivity (Wildman–Crippen MR) is 115 cm³/mol. The summed E-state index contributed by atoms with van der Waals surface area (Å²) in [5.41, 5.74) is 1.42. The van der Waals surface area contributed by atoms with Crippen molar-refractivity contribution in [3.8, 4) is 11.6 Å². The molecule has 1 aliphatic heterocycles. The molecule has 4 aromatic rings. The van der Waals surface area contributed by atoms with Gasteiger partial charge in [-0.25, -0.2) is 4.68 Å². The van der Waals surface area contributed by atoms with Gasteiger partial charge in [-0.3, -0.25) is 9.47 Å². The highest BCUT2D eigenvalue weighted by Gasteiger charge is 2.31. The number of fused-ring (bicyclic) bond motifs is 1. The maximum absolute atomic E-state index is 5.75. The predicted octanol–water partition coefficient (Wildman–Crippen LogP) is 5.42. The smallest absolute Gasteiger partial charge is 0.199 e. The van der Waals surface area contributed by atoms with E-state index in [1.165, 1.54) is 15.3 Å². The zero-order chi connectivity index (χ0) is 19.1. The Hall–Kier alpha value is -2.00. The Morgan fingerprint density at radius 1 is 1.21 bits per heavy atom. The van der Waals surface area contributed by atoms with Crippen molar-refractivity contribution < 1.29 is 4.42 Å². The van der Waals surface area contributed by atoms with Crippen molar-refractivity contribution in [2.24, 2.45) is 0 Å². The molecule has 5 heterocycles. The van der Waals surface area contributed by atoms with Gasteiger partial charge in [-0.05, 0) is 66.2 Å². The first-order chi connectivity index (χ1) is 13.8. The quantitative estimate of drug-likeness (QED) is 0.398. The Balaban J connectivity index is 1.53. The van der Waals surface area contributed by atoms with Crippen molar-refractivity contribution in [2.45, 2.75) is 32.6 Å². The summed E-state index contributed by atoms with van der Waals surface area (Å²) in [6, 6.07) is 10.7. The van der Waals surface area contributed by atoms with Crippen molar-refractivity contribution in [3.63, 3.8) is 0 Å². The molecule has 28 heavy (non-hydrogen) atoms. The normalized spacial score (nSPS) is 17.1. The highest BCUT2D eigenvalue weighted by Crippen LogP contribution is 2.39. The van der Waals surface area contributed by atoms with Crippen LogP contribution in [-0.4, -0.2) is 25.8 Å². The maximum Gasteiger partial charge on any atom is 0.199 e. The van der Waals surface area contributed by atoms with Crippen LogP contribution in [0.2, 0.25) is 0 Å². The minimum absolute atomic E-state index is 0.260. The van der Waals surface area contributed by atoms with Crippen molar-refractivity contribution >= 4 is 34.9 Å². The molecule has 0 saturated heterocycles. The fourth-order valence-electron chi connectivity index (χ4n) is 3.88. The van der Waals surface area contributed by atoms with E-state index in [9.17, 15) is 0 Å². The van der Waals surface area contributed by atoms with Gasteiger partial charge in [0.2, 0.25) is 0 Å². The third kappa shape index (κ3) is 3.00. The van der Waals surface area contributed by atoms with Crippen molar-refractivity contribution in [2.75, 3.05) is 6.54 Å². The van der Waals surface area contributed by atoms with Crippen LogP contribution in [-0.2, 0) is 19.6 Å². The van der Waals surface area contributed by atoms with Gasteiger partial charge in [0.05, 0.1) is 19.0 Å². The zero-order valence-corrected chi connectivity index (χ0v) is 17.9. The van der Waals surface area contributed by atoms with Gasteiger partial charge in [-0.2, -0.15) is 0 Å². The topological polar surface area (TPSA) is 39.1 Å². The standard InChI is InChI=1S/C20H20N4OS3/c1-2-23-19(15-5-3-10-25-15)21-24(20(23)26)13-22-9-7-16-14(8-12-28-16)18(22)17-6-4-11-27-17/h3-6,8,10-12,18H,2,7,9,13H2,1H3. The van der Waals surface area contributed by atoms with Gasteiger partial charge in [0.15, 0.2) is 16.4 Å². The van der Waals surface area contributed by atoms with E-state index in [1.807, 2.05) is 44.1 Å². The summed E-state index contributed by atoms with van der Waals surface area (Å²) in [7, 11) is 0. The molecule has 4 aromatic heterocycles. The summed E-state index contributed by atoms with van der Waals surface area (Å²) in [5, 5.41) is 9.19. The van der Waals surface area contributed by atoms with E-state index in [0.29, 0.717) is 6.67 Å². The van der Waals surface area contributed by atoms with Crippen LogP contribution in [0.1, 0.15) is 28.3 Å². The van der Waals surface area contributed by atoms with Crippen molar-refractivity contribution in [3.05, 3.63) is 67.4 Å². The second-order valence-electron chi connectivity index (χ2n) is 6.75. The van der Waals surface area contributed by atoms with Gasteiger partial charge < -0.3 is 4.42 Å². The first kappa shape index (κ1) is 18.1. The fraction of sp³-hybridized carbons (Fsp3) is 0.300. The second kappa shape index (κ2) is 7.44.